The molecule has 1 aliphatic carbocycles. The summed E-state index contributed by atoms with van der Waals surface area (Å²) in [5.74, 6) is 0. The zero-order valence-corrected chi connectivity index (χ0v) is 9.29. The van der Waals surface area contributed by atoms with E-state index in [1.165, 1.54) is 36.8 Å². The van der Waals surface area contributed by atoms with Crippen molar-refractivity contribution in [3.8, 4) is 0 Å². The molecule has 1 aromatic carbocycles. The fourth-order valence-corrected chi connectivity index (χ4v) is 1.57. The smallest absolute Gasteiger partial charge is 0.0351 e. The number of rotatable bonds is 0. The van der Waals surface area contributed by atoms with Crippen molar-refractivity contribution in [2.75, 3.05) is 0 Å². The van der Waals surface area contributed by atoms with E-state index in [2.05, 4.69) is 50.3 Å². The Kier molecular flexibility index (Phi) is 5.06. The topological polar surface area (TPSA) is 0 Å². The second kappa shape index (κ2) is 6.42. The number of aryl methyl sites for hydroxylation is 2. The minimum atomic E-state index is 1.32. The van der Waals surface area contributed by atoms with Crippen LogP contribution in [-0.4, -0.2) is 0 Å². The van der Waals surface area contributed by atoms with Gasteiger partial charge in [-0.05, 0) is 39.5 Å². The van der Waals surface area contributed by atoms with Crippen LogP contribution in [0, 0.1) is 13.8 Å². The molecule has 1 aromatic rings. The van der Waals surface area contributed by atoms with Crippen molar-refractivity contribution >= 4 is 0 Å². The Labute approximate surface area is 87.7 Å². The van der Waals surface area contributed by atoms with E-state index in [-0.39, 0.29) is 0 Å². The zero-order valence-electron chi connectivity index (χ0n) is 9.29. The molecule has 0 bridgehead atoms. The lowest BCUT2D eigenvalue weighted by Gasteiger charge is -1.97. The van der Waals surface area contributed by atoms with Gasteiger partial charge < -0.3 is 0 Å². The number of allylic oxidation sites excluding steroid dienone is 2. The molecule has 14 heavy (non-hydrogen) atoms. The number of hydrogen-bond donors (Lipinski definition) is 0. The first-order valence-corrected chi connectivity index (χ1v) is 5.47. The van der Waals surface area contributed by atoms with E-state index in [1.807, 2.05) is 0 Å². The summed E-state index contributed by atoms with van der Waals surface area (Å²) in [5.41, 5.74) is 2.68. The molecule has 0 heteroatoms. The number of benzene rings is 1. The summed E-state index contributed by atoms with van der Waals surface area (Å²) in [6.07, 6.45) is 10.0. The van der Waals surface area contributed by atoms with Crippen LogP contribution in [-0.2, 0) is 0 Å². The molecule has 0 N–H and O–H groups in total. The van der Waals surface area contributed by atoms with Gasteiger partial charge in [-0.15, -0.1) is 0 Å². The van der Waals surface area contributed by atoms with Gasteiger partial charge in [-0.1, -0.05) is 47.5 Å². The van der Waals surface area contributed by atoms with E-state index in [4.69, 9.17) is 0 Å². The molecular formula is C14H20. The minimum absolute atomic E-state index is 1.32. The Bertz CT molecular complexity index is 259. The molecule has 76 valence electrons. The van der Waals surface area contributed by atoms with Gasteiger partial charge in [0.2, 0.25) is 0 Å². The lowest BCUT2D eigenvalue weighted by Crippen LogP contribution is -1.77. The molecule has 0 aromatic heterocycles. The third-order valence-corrected chi connectivity index (χ3v) is 2.33. The largest absolute Gasteiger partial charge is 0.0885 e. The Morgan fingerprint density at radius 2 is 1.36 bits per heavy atom. The van der Waals surface area contributed by atoms with Crippen molar-refractivity contribution in [3.05, 3.63) is 47.5 Å². The lowest BCUT2D eigenvalue weighted by molar-refractivity contribution is 0.730. The van der Waals surface area contributed by atoms with Gasteiger partial charge >= 0.3 is 0 Å². The van der Waals surface area contributed by atoms with Gasteiger partial charge in [0.25, 0.3) is 0 Å². The van der Waals surface area contributed by atoms with E-state index < -0.39 is 0 Å². The third kappa shape index (κ3) is 4.86. The third-order valence-electron chi connectivity index (χ3n) is 2.33. The Hall–Kier alpha value is -1.04. The monoisotopic (exact) mass is 188 g/mol. The number of hydrogen-bond acceptors (Lipinski definition) is 0. The van der Waals surface area contributed by atoms with Gasteiger partial charge in [-0.2, -0.15) is 0 Å². The average molecular weight is 188 g/mol. The van der Waals surface area contributed by atoms with Crippen LogP contribution in [0.4, 0.5) is 0 Å². The second-order valence-electron chi connectivity index (χ2n) is 3.91. The summed E-state index contributed by atoms with van der Waals surface area (Å²) in [6, 6.07) is 8.45. The fraction of sp³-hybridized carbons (Fsp3) is 0.429. The Balaban J connectivity index is 0.000000146. The predicted molar refractivity (Wildman–Crippen MR) is 63.5 cm³/mol. The summed E-state index contributed by atoms with van der Waals surface area (Å²) in [6.45, 7) is 4.21. The van der Waals surface area contributed by atoms with Crippen molar-refractivity contribution in [2.24, 2.45) is 0 Å². The van der Waals surface area contributed by atoms with Crippen molar-refractivity contribution < 1.29 is 0 Å². The maximum Gasteiger partial charge on any atom is -0.0351 e. The van der Waals surface area contributed by atoms with Gasteiger partial charge in [0.1, 0.15) is 0 Å². The molecule has 0 aliphatic heterocycles. The molecule has 0 fully saturated rings. The minimum Gasteiger partial charge on any atom is -0.0885 e. The quantitative estimate of drug-likeness (QED) is 0.529. The fourth-order valence-electron chi connectivity index (χ4n) is 1.57. The first-order chi connectivity index (χ1) is 6.79. The molecule has 0 saturated carbocycles. The highest BCUT2D eigenvalue weighted by molar-refractivity contribution is 5.20. The van der Waals surface area contributed by atoms with Crippen LogP contribution in [0.1, 0.15) is 36.8 Å². The van der Waals surface area contributed by atoms with Crippen LogP contribution >= 0.6 is 0 Å². The molecular weight excluding hydrogens is 168 g/mol. The maximum absolute atomic E-state index is 2.27. The summed E-state index contributed by atoms with van der Waals surface area (Å²) >= 11 is 0. The highest BCUT2D eigenvalue weighted by Gasteiger charge is 1.87. The first-order valence-electron chi connectivity index (χ1n) is 5.47. The van der Waals surface area contributed by atoms with Gasteiger partial charge in [0.15, 0.2) is 0 Å². The zero-order chi connectivity index (χ0) is 10.2. The Morgan fingerprint density at radius 1 is 0.857 bits per heavy atom. The summed E-state index contributed by atoms with van der Waals surface area (Å²) < 4.78 is 0. The van der Waals surface area contributed by atoms with E-state index in [0.29, 0.717) is 0 Å². The molecule has 0 nitrogen and oxygen atoms in total. The first kappa shape index (κ1) is 11.0. The molecule has 1 aliphatic rings. The van der Waals surface area contributed by atoms with E-state index in [9.17, 15) is 0 Å². The standard InChI is InChI=1S/C8H10.C6H10/c1-7-4-3-5-8(2)6-7;1-2-4-6-5-3-1/h3-6H,1-2H3;1-2H,3-6H2. The average Bonchev–Trinajstić information content (AvgIpc) is 2.21. The summed E-state index contributed by atoms with van der Waals surface area (Å²) in [4.78, 5) is 0. The van der Waals surface area contributed by atoms with Crippen LogP contribution < -0.4 is 0 Å². The van der Waals surface area contributed by atoms with Gasteiger partial charge in [-0.3, -0.25) is 0 Å². The van der Waals surface area contributed by atoms with E-state index in [1.54, 1.807) is 0 Å². The Morgan fingerprint density at radius 3 is 1.57 bits per heavy atom. The van der Waals surface area contributed by atoms with Crippen molar-refractivity contribution in [2.45, 2.75) is 39.5 Å². The van der Waals surface area contributed by atoms with Crippen LogP contribution in [0.2, 0.25) is 0 Å². The van der Waals surface area contributed by atoms with Crippen LogP contribution in [0.5, 0.6) is 0 Å². The van der Waals surface area contributed by atoms with Crippen molar-refractivity contribution in [3.63, 3.8) is 0 Å². The van der Waals surface area contributed by atoms with Crippen LogP contribution in [0.15, 0.2) is 36.4 Å². The van der Waals surface area contributed by atoms with Crippen LogP contribution in [0.3, 0.4) is 0 Å². The van der Waals surface area contributed by atoms with Gasteiger partial charge in [-0.25, -0.2) is 0 Å². The molecule has 0 radical (unpaired) electrons. The SMILES string of the molecule is C1=CCCCC1.Cc1cccc(C)c1. The molecule has 0 atom stereocenters. The molecule has 2 rings (SSSR count). The highest BCUT2D eigenvalue weighted by Crippen LogP contribution is 2.07. The van der Waals surface area contributed by atoms with Crippen molar-refractivity contribution in [1.82, 2.24) is 0 Å². The van der Waals surface area contributed by atoms with Gasteiger partial charge in [0.05, 0.1) is 0 Å². The second-order valence-corrected chi connectivity index (χ2v) is 3.91. The van der Waals surface area contributed by atoms with E-state index >= 15 is 0 Å². The molecule has 0 spiro atoms. The van der Waals surface area contributed by atoms with Crippen molar-refractivity contribution in [1.29, 1.82) is 0 Å². The highest BCUT2D eigenvalue weighted by atomic mass is 13.9. The molecule has 0 unspecified atom stereocenters. The van der Waals surface area contributed by atoms with E-state index in [0.717, 1.165) is 0 Å². The normalized spacial score (nSPS) is 14.4. The summed E-state index contributed by atoms with van der Waals surface area (Å²) in [7, 11) is 0. The predicted octanol–water partition coefficient (Wildman–Crippen LogP) is 4.42. The molecule has 0 saturated heterocycles. The molecule has 0 heterocycles. The lowest BCUT2D eigenvalue weighted by atomic mass is 10.1. The van der Waals surface area contributed by atoms with Crippen LogP contribution in [0.25, 0.3) is 0 Å². The molecule has 0 amide bonds. The maximum atomic E-state index is 2.27. The van der Waals surface area contributed by atoms with Gasteiger partial charge in [0, 0.05) is 0 Å². The summed E-state index contributed by atoms with van der Waals surface area (Å²) in [5, 5.41) is 0.